The first-order chi connectivity index (χ1) is 5.57. The molecule has 2 nitrogen and oxygen atoms in total. The second-order valence-corrected chi connectivity index (χ2v) is 3.43. The normalized spacial score (nSPS) is 10.1. The predicted octanol–water partition coefficient (Wildman–Crippen LogP) is 2.65. The minimum absolute atomic E-state index is 0.188. The van der Waals surface area contributed by atoms with Crippen molar-refractivity contribution in [2.24, 2.45) is 0 Å². The minimum atomic E-state index is 0.188. The van der Waals surface area contributed by atoms with Crippen LogP contribution in [0.4, 0.5) is 0 Å². The standard InChI is InChI=1S/C6H4Cl4NO/c1-12-11-5(9)3(7)2-4(8)6(11)10/h2H,1H3/q+1. The molecule has 0 aliphatic heterocycles. The summed E-state index contributed by atoms with van der Waals surface area (Å²) in [6, 6.07) is 1.45. The van der Waals surface area contributed by atoms with E-state index in [4.69, 9.17) is 51.2 Å². The van der Waals surface area contributed by atoms with E-state index in [0.717, 1.165) is 4.73 Å². The number of halogens is 4. The summed E-state index contributed by atoms with van der Waals surface area (Å²) in [5, 5.41) is 0.947. The minimum Gasteiger partial charge on any atom is -0.271 e. The summed E-state index contributed by atoms with van der Waals surface area (Å²) >= 11 is 22.9. The molecular formula is C6H4Cl4NO+. The molecule has 66 valence electrons. The van der Waals surface area contributed by atoms with Crippen molar-refractivity contribution in [3.8, 4) is 0 Å². The van der Waals surface area contributed by atoms with Gasteiger partial charge in [0, 0.05) is 4.73 Å². The first-order valence-corrected chi connectivity index (χ1v) is 4.38. The first kappa shape index (κ1) is 10.2. The molecule has 0 unspecified atom stereocenters. The van der Waals surface area contributed by atoms with Crippen LogP contribution in [0.3, 0.4) is 0 Å². The Hall–Kier alpha value is 0.110. The zero-order valence-corrected chi connectivity index (χ0v) is 8.97. The molecule has 0 saturated heterocycles. The van der Waals surface area contributed by atoms with Gasteiger partial charge in [0.05, 0.1) is 0 Å². The lowest BCUT2D eigenvalue weighted by atomic mass is 10.5. The second kappa shape index (κ2) is 3.88. The van der Waals surface area contributed by atoms with Gasteiger partial charge in [-0.3, -0.25) is 4.84 Å². The summed E-state index contributed by atoms with van der Waals surface area (Å²) in [6.07, 6.45) is 0. The molecule has 0 spiro atoms. The molecule has 0 fully saturated rings. The van der Waals surface area contributed by atoms with Gasteiger partial charge in [-0.15, -0.1) is 0 Å². The largest absolute Gasteiger partial charge is 0.345 e. The molecule has 0 saturated carbocycles. The molecule has 0 amide bonds. The maximum atomic E-state index is 5.73. The summed E-state index contributed by atoms with van der Waals surface area (Å²) in [4.78, 5) is 4.82. The Balaban J connectivity index is 3.42. The summed E-state index contributed by atoms with van der Waals surface area (Å²) in [5.41, 5.74) is 0. The molecule has 1 aromatic rings. The fourth-order valence-electron chi connectivity index (χ4n) is 0.671. The van der Waals surface area contributed by atoms with E-state index in [1.165, 1.54) is 13.2 Å². The Morgan fingerprint density at radius 3 is 1.83 bits per heavy atom. The van der Waals surface area contributed by atoms with Gasteiger partial charge in [0.2, 0.25) is 0 Å². The van der Waals surface area contributed by atoms with Gasteiger partial charge in [-0.05, 0) is 29.3 Å². The quantitative estimate of drug-likeness (QED) is 0.550. The Kier molecular flexibility index (Phi) is 3.29. The first-order valence-electron chi connectivity index (χ1n) is 2.87. The Morgan fingerprint density at radius 1 is 1.08 bits per heavy atom. The van der Waals surface area contributed by atoms with Crippen LogP contribution in [0.1, 0.15) is 0 Å². The number of hydrogen-bond acceptors (Lipinski definition) is 1. The molecule has 6 heteroatoms. The zero-order valence-electron chi connectivity index (χ0n) is 5.94. The third-order valence-corrected chi connectivity index (χ3v) is 2.67. The van der Waals surface area contributed by atoms with Gasteiger partial charge in [-0.25, -0.2) is 0 Å². The van der Waals surface area contributed by atoms with Crippen molar-refractivity contribution >= 4 is 46.4 Å². The number of rotatable bonds is 1. The molecule has 0 aromatic carbocycles. The maximum Gasteiger partial charge on any atom is 0.345 e. The van der Waals surface area contributed by atoms with E-state index in [1.54, 1.807) is 0 Å². The Labute approximate surface area is 89.5 Å². The highest BCUT2D eigenvalue weighted by Crippen LogP contribution is 2.26. The van der Waals surface area contributed by atoms with Crippen molar-refractivity contribution in [2.75, 3.05) is 7.11 Å². The van der Waals surface area contributed by atoms with Crippen LogP contribution < -0.4 is 9.57 Å². The van der Waals surface area contributed by atoms with E-state index >= 15 is 0 Å². The van der Waals surface area contributed by atoms with Crippen LogP contribution in [0.25, 0.3) is 0 Å². The molecule has 1 heterocycles. The number of nitrogens with zero attached hydrogens (tertiary/aromatic N) is 1. The highest BCUT2D eigenvalue weighted by atomic mass is 35.5. The Bertz CT molecular complexity index is 289. The highest BCUT2D eigenvalue weighted by molar-refractivity contribution is 6.44. The topological polar surface area (TPSA) is 13.1 Å². The van der Waals surface area contributed by atoms with Gasteiger partial charge in [-0.2, -0.15) is 0 Å². The monoisotopic (exact) mass is 246 g/mol. The number of aromatic nitrogens is 1. The lowest BCUT2D eigenvalue weighted by Gasteiger charge is -1.98. The molecule has 1 rings (SSSR count). The molecule has 0 N–H and O–H groups in total. The number of pyridine rings is 1. The molecule has 12 heavy (non-hydrogen) atoms. The molecule has 0 aliphatic rings. The summed E-state index contributed by atoms with van der Waals surface area (Å²) in [7, 11) is 1.41. The fourth-order valence-corrected chi connectivity index (χ4v) is 1.56. The average molecular weight is 248 g/mol. The van der Waals surface area contributed by atoms with Crippen LogP contribution in [-0.2, 0) is 0 Å². The van der Waals surface area contributed by atoms with Crippen molar-refractivity contribution in [1.29, 1.82) is 0 Å². The van der Waals surface area contributed by atoms with Crippen molar-refractivity contribution in [3.63, 3.8) is 0 Å². The molecule has 1 aromatic heterocycles. The van der Waals surface area contributed by atoms with Crippen LogP contribution in [0, 0.1) is 0 Å². The molecular weight excluding hydrogens is 244 g/mol. The summed E-state index contributed by atoms with van der Waals surface area (Å²) in [6.45, 7) is 0. The summed E-state index contributed by atoms with van der Waals surface area (Å²) < 4.78 is 1.13. The molecule has 0 atom stereocenters. The third kappa shape index (κ3) is 1.72. The van der Waals surface area contributed by atoms with Gasteiger partial charge >= 0.3 is 10.3 Å². The molecule has 0 radical (unpaired) electrons. The van der Waals surface area contributed by atoms with E-state index < -0.39 is 0 Å². The second-order valence-electron chi connectivity index (χ2n) is 1.90. The number of hydrogen-bond donors (Lipinski definition) is 0. The molecule has 0 bridgehead atoms. The van der Waals surface area contributed by atoms with Crippen molar-refractivity contribution < 1.29 is 9.57 Å². The summed E-state index contributed by atoms with van der Waals surface area (Å²) in [5.74, 6) is 0. The van der Waals surface area contributed by atoms with Gasteiger partial charge in [0.1, 0.15) is 17.2 Å². The zero-order chi connectivity index (χ0) is 9.30. The smallest absolute Gasteiger partial charge is 0.271 e. The predicted molar refractivity (Wildman–Crippen MR) is 49.2 cm³/mol. The SMILES string of the molecule is CO[n+]1c(Cl)c(Cl)cc(Cl)c1Cl. The lowest BCUT2D eigenvalue weighted by Crippen LogP contribution is -2.43. The van der Waals surface area contributed by atoms with Crippen molar-refractivity contribution in [1.82, 2.24) is 0 Å². The van der Waals surface area contributed by atoms with Gasteiger partial charge < -0.3 is 0 Å². The van der Waals surface area contributed by atoms with Crippen molar-refractivity contribution in [2.45, 2.75) is 0 Å². The Morgan fingerprint density at radius 2 is 1.50 bits per heavy atom. The van der Waals surface area contributed by atoms with E-state index in [-0.39, 0.29) is 20.4 Å². The van der Waals surface area contributed by atoms with Crippen LogP contribution >= 0.6 is 46.4 Å². The van der Waals surface area contributed by atoms with Crippen molar-refractivity contribution in [3.05, 3.63) is 26.4 Å². The maximum absolute atomic E-state index is 5.73. The van der Waals surface area contributed by atoms with Gasteiger partial charge in [0.25, 0.3) is 0 Å². The van der Waals surface area contributed by atoms with E-state index in [2.05, 4.69) is 0 Å². The van der Waals surface area contributed by atoms with E-state index in [9.17, 15) is 0 Å². The van der Waals surface area contributed by atoms with Crippen LogP contribution in [0.15, 0.2) is 6.07 Å². The van der Waals surface area contributed by atoms with Crippen LogP contribution in [0.2, 0.25) is 20.4 Å². The van der Waals surface area contributed by atoms with Gasteiger partial charge in [0.15, 0.2) is 0 Å². The van der Waals surface area contributed by atoms with E-state index in [0.29, 0.717) is 0 Å². The lowest BCUT2D eigenvalue weighted by molar-refractivity contribution is -0.881. The van der Waals surface area contributed by atoms with Gasteiger partial charge in [-0.1, -0.05) is 23.2 Å². The van der Waals surface area contributed by atoms with Crippen LogP contribution in [0.5, 0.6) is 0 Å². The average Bonchev–Trinajstić information content (AvgIpc) is 2.02. The highest BCUT2D eigenvalue weighted by Gasteiger charge is 2.23. The van der Waals surface area contributed by atoms with E-state index in [1.807, 2.05) is 0 Å². The van der Waals surface area contributed by atoms with Crippen LogP contribution in [-0.4, -0.2) is 7.11 Å². The third-order valence-electron chi connectivity index (χ3n) is 1.19. The molecule has 0 aliphatic carbocycles. The fraction of sp³-hybridized carbons (Fsp3) is 0.167.